The molecule has 0 radical (unpaired) electrons. The van der Waals surface area contributed by atoms with E-state index < -0.39 is 0 Å². The van der Waals surface area contributed by atoms with E-state index in [1.54, 1.807) is 0 Å². The molecule has 2 aromatic heterocycles. The SMILES string of the molecule is Cc1n[nH]c(=S)c2cccn12. The van der Waals surface area contributed by atoms with Crippen LogP contribution in [0.5, 0.6) is 0 Å². The Balaban J connectivity index is 3.08. The molecule has 0 fully saturated rings. The Bertz CT molecular complexity index is 440. The third-order valence-corrected chi connectivity index (χ3v) is 1.95. The van der Waals surface area contributed by atoms with Gasteiger partial charge in [0.25, 0.3) is 0 Å². The van der Waals surface area contributed by atoms with E-state index in [0.29, 0.717) is 4.64 Å². The van der Waals surface area contributed by atoms with Crippen LogP contribution in [0.3, 0.4) is 0 Å². The highest BCUT2D eigenvalue weighted by atomic mass is 32.1. The van der Waals surface area contributed by atoms with Crippen LogP contribution in [0.25, 0.3) is 5.52 Å². The van der Waals surface area contributed by atoms with E-state index in [9.17, 15) is 0 Å². The molecule has 0 bridgehead atoms. The highest BCUT2D eigenvalue weighted by Gasteiger charge is 1.96. The first-order valence-corrected chi connectivity index (χ1v) is 3.72. The Hall–Kier alpha value is -1.16. The molecule has 0 unspecified atom stereocenters. The van der Waals surface area contributed by atoms with Crippen LogP contribution in [0.4, 0.5) is 0 Å². The Labute approximate surface area is 68.7 Å². The Morgan fingerprint density at radius 2 is 2.45 bits per heavy atom. The lowest BCUT2D eigenvalue weighted by atomic mass is 10.5. The van der Waals surface area contributed by atoms with Crippen LogP contribution in [0.1, 0.15) is 5.82 Å². The minimum atomic E-state index is 0.681. The summed E-state index contributed by atoms with van der Waals surface area (Å²) in [6.07, 6.45) is 1.95. The largest absolute Gasteiger partial charge is 0.301 e. The number of aryl methyl sites for hydroxylation is 1. The van der Waals surface area contributed by atoms with Crippen molar-refractivity contribution in [2.24, 2.45) is 0 Å². The van der Waals surface area contributed by atoms with Crippen LogP contribution in [0.2, 0.25) is 0 Å². The second-order valence-corrected chi connectivity index (χ2v) is 2.77. The van der Waals surface area contributed by atoms with Crippen LogP contribution in [-0.2, 0) is 0 Å². The first kappa shape index (κ1) is 6.54. The Morgan fingerprint density at radius 3 is 3.18 bits per heavy atom. The van der Waals surface area contributed by atoms with Gasteiger partial charge in [0.1, 0.15) is 10.5 Å². The fraction of sp³-hybridized carbons (Fsp3) is 0.143. The molecule has 2 rings (SSSR count). The lowest BCUT2D eigenvalue weighted by Gasteiger charge is -1.97. The van der Waals surface area contributed by atoms with Crippen LogP contribution in [-0.4, -0.2) is 14.6 Å². The maximum absolute atomic E-state index is 5.03. The number of rotatable bonds is 0. The minimum absolute atomic E-state index is 0.681. The third-order valence-electron chi connectivity index (χ3n) is 1.65. The van der Waals surface area contributed by atoms with E-state index in [1.165, 1.54) is 0 Å². The summed E-state index contributed by atoms with van der Waals surface area (Å²) in [4.78, 5) is 0. The summed E-state index contributed by atoms with van der Waals surface area (Å²) in [5.74, 6) is 0.915. The van der Waals surface area contributed by atoms with Crippen LogP contribution >= 0.6 is 12.2 Å². The molecule has 2 heterocycles. The number of fused-ring (bicyclic) bond motifs is 1. The summed E-state index contributed by atoms with van der Waals surface area (Å²) in [5, 5.41) is 6.79. The van der Waals surface area contributed by atoms with E-state index in [0.717, 1.165) is 11.3 Å². The number of nitrogens with zero attached hydrogens (tertiary/aromatic N) is 2. The quantitative estimate of drug-likeness (QED) is 0.603. The maximum Gasteiger partial charge on any atom is 0.143 e. The molecular weight excluding hydrogens is 158 g/mol. The van der Waals surface area contributed by atoms with E-state index in [4.69, 9.17) is 12.2 Å². The standard InChI is InChI=1S/C7H7N3S/c1-5-8-9-7(11)6-3-2-4-10(5)6/h2-4H,1H3,(H,9,11). The van der Waals surface area contributed by atoms with Crippen molar-refractivity contribution in [3.05, 3.63) is 28.8 Å². The van der Waals surface area contributed by atoms with E-state index in [2.05, 4.69) is 10.2 Å². The van der Waals surface area contributed by atoms with Crippen molar-refractivity contribution in [3.8, 4) is 0 Å². The lowest BCUT2D eigenvalue weighted by molar-refractivity contribution is 0.876. The first-order chi connectivity index (χ1) is 5.29. The molecule has 0 atom stereocenters. The Kier molecular flexibility index (Phi) is 1.29. The monoisotopic (exact) mass is 165 g/mol. The minimum Gasteiger partial charge on any atom is -0.301 e. The van der Waals surface area contributed by atoms with Crippen molar-refractivity contribution >= 4 is 17.7 Å². The van der Waals surface area contributed by atoms with Gasteiger partial charge >= 0.3 is 0 Å². The molecule has 0 aliphatic carbocycles. The highest BCUT2D eigenvalue weighted by molar-refractivity contribution is 7.71. The smallest absolute Gasteiger partial charge is 0.143 e. The van der Waals surface area contributed by atoms with Crippen molar-refractivity contribution in [1.29, 1.82) is 0 Å². The van der Waals surface area contributed by atoms with Gasteiger partial charge in [-0.2, -0.15) is 5.10 Å². The molecule has 0 saturated carbocycles. The van der Waals surface area contributed by atoms with Gasteiger partial charge in [-0.25, -0.2) is 0 Å². The number of nitrogens with one attached hydrogen (secondary N) is 1. The summed E-state index contributed by atoms with van der Waals surface area (Å²) < 4.78 is 2.64. The maximum atomic E-state index is 5.03. The van der Waals surface area contributed by atoms with Crippen LogP contribution in [0, 0.1) is 11.6 Å². The normalized spacial score (nSPS) is 10.6. The fourth-order valence-electron chi connectivity index (χ4n) is 1.09. The predicted octanol–water partition coefficient (Wildman–Crippen LogP) is 1.70. The molecule has 3 nitrogen and oxygen atoms in total. The third kappa shape index (κ3) is 0.867. The molecule has 2 aromatic rings. The van der Waals surface area contributed by atoms with Gasteiger partial charge in [-0.05, 0) is 19.1 Å². The van der Waals surface area contributed by atoms with Crippen molar-refractivity contribution in [2.75, 3.05) is 0 Å². The first-order valence-electron chi connectivity index (χ1n) is 3.31. The topological polar surface area (TPSA) is 33.1 Å². The zero-order chi connectivity index (χ0) is 7.84. The second-order valence-electron chi connectivity index (χ2n) is 2.36. The summed E-state index contributed by atoms with van der Waals surface area (Å²) in [5.41, 5.74) is 1.01. The van der Waals surface area contributed by atoms with Gasteiger partial charge in [-0.1, -0.05) is 12.2 Å². The predicted molar refractivity (Wildman–Crippen MR) is 45.1 cm³/mol. The molecule has 0 saturated heterocycles. The Morgan fingerprint density at radius 1 is 1.64 bits per heavy atom. The van der Waals surface area contributed by atoms with Gasteiger partial charge in [0.05, 0.1) is 5.52 Å². The molecule has 0 spiro atoms. The van der Waals surface area contributed by atoms with Gasteiger partial charge in [0.2, 0.25) is 0 Å². The molecule has 1 N–H and O–H groups in total. The molecule has 11 heavy (non-hydrogen) atoms. The van der Waals surface area contributed by atoms with Crippen LogP contribution in [0.15, 0.2) is 18.3 Å². The average Bonchev–Trinajstić information content (AvgIpc) is 2.45. The zero-order valence-electron chi connectivity index (χ0n) is 6.03. The van der Waals surface area contributed by atoms with Gasteiger partial charge in [-0.15, -0.1) is 0 Å². The van der Waals surface area contributed by atoms with Gasteiger partial charge < -0.3 is 4.40 Å². The number of hydrogen-bond donors (Lipinski definition) is 1. The zero-order valence-corrected chi connectivity index (χ0v) is 6.85. The molecule has 4 heteroatoms. The lowest BCUT2D eigenvalue weighted by Crippen LogP contribution is -1.96. The van der Waals surface area contributed by atoms with Gasteiger partial charge in [-0.3, -0.25) is 5.10 Å². The average molecular weight is 165 g/mol. The summed E-state index contributed by atoms with van der Waals surface area (Å²) in [6.45, 7) is 1.93. The number of H-pyrrole nitrogens is 1. The van der Waals surface area contributed by atoms with Crippen LogP contribution < -0.4 is 0 Å². The summed E-state index contributed by atoms with van der Waals surface area (Å²) >= 11 is 5.03. The highest BCUT2D eigenvalue weighted by Crippen LogP contribution is 2.04. The van der Waals surface area contributed by atoms with Gasteiger partial charge in [0.15, 0.2) is 0 Å². The molecule has 0 amide bonds. The summed E-state index contributed by atoms with van der Waals surface area (Å²) in [6, 6.07) is 3.92. The van der Waals surface area contributed by atoms with Gasteiger partial charge in [0, 0.05) is 6.20 Å². The molecule has 0 aliphatic heterocycles. The van der Waals surface area contributed by atoms with Crippen molar-refractivity contribution in [2.45, 2.75) is 6.92 Å². The fourth-order valence-corrected chi connectivity index (χ4v) is 1.30. The number of hydrogen-bond acceptors (Lipinski definition) is 2. The molecular formula is C7H7N3S. The molecule has 56 valence electrons. The summed E-state index contributed by atoms with van der Waals surface area (Å²) in [7, 11) is 0. The molecule has 0 aliphatic rings. The second kappa shape index (κ2) is 2.17. The van der Waals surface area contributed by atoms with Crippen molar-refractivity contribution in [1.82, 2.24) is 14.6 Å². The van der Waals surface area contributed by atoms with Crippen molar-refractivity contribution in [3.63, 3.8) is 0 Å². The molecule has 0 aromatic carbocycles. The number of aromatic nitrogens is 3. The number of aromatic amines is 1. The van der Waals surface area contributed by atoms with E-state index in [1.807, 2.05) is 29.7 Å². The van der Waals surface area contributed by atoms with E-state index in [-0.39, 0.29) is 0 Å². The van der Waals surface area contributed by atoms with E-state index >= 15 is 0 Å². The van der Waals surface area contributed by atoms with Crippen molar-refractivity contribution < 1.29 is 0 Å².